The summed E-state index contributed by atoms with van der Waals surface area (Å²) in [7, 11) is -2.95. The first-order valence-electron chi connectivity index (χ1n) is 8.36. The highest BCUT2D eigenvalue weighted by atomic mass is 32.2. The maximum Gasteiger partial charge on any atom is 0.339 e. The first kappa shape index (κ1) is 18.9. The molecule has 1 heterocycles. The van der Waals surface area contributed by atoms with Crippen molar-refractivity contribution < 1.29 is 26.9 Å². The second-order valence-corrected chi connectivity index (χ2v) is 7.67. The van der Waals surface area contributed by atoms with E-state index in [-0.39, 0.29) is 22.1 Å². The minimum atomic E-state index is -4.17. The Hall–Kier alpha value is -2.87. The number of nitrogens with zero attached hydrogens (tertiary/aromatic N) is 1. The number of carbonyl (C=O) groups is 2. The molecule has 27 heavy (non-hydrogen) atoms. The molecule has 142 valence electrons. The van der Waals surface area contributed by atoms with Crippen molar-refractivity contribution in [2.24, 2.45) is 0 Å². The van der Waals surface area contributed by atoms with Crippen molar-refractivity contribution in [3.05, 3.63) is 53.6 Å². The van der Waals surface area contributed by atoms with Gasteiger partial charge in [0.05, 0.1) is 12.7 Å². The van der Waals surface area contributed by atoms with E-state index in [1.807, 2.05) is 0 Å². The zero-order valence-electron chi connectivity index (χ0n) is 15.0. The summed E-state index contributed by atoms with van der Waals surface area (Å²) in [6.07, 6.45) is 1.24. The molecule has 0 aliphatic carbocycles. The van der Waals surface area contributed by atoms with Crippen LogP contribution >= 0.6 is 0 Å². The number of amides is 1. The van der Waals surface area contributed by atoms with Gasteiger partial charge in [-0.3, -0.25) is 4.79 Å². The molecule has 0 bridgehead atoms. The van der Waals surface area contributed by atoms with Crippen LogP contribution in [0.4, 0.5) is 5.69 Å². The molecular formula is C19H19NO6S. The molecular weight excluding hydrogens is 370 g/mol. The van der Waals surface area contributed by atoms with E-state index in [1.165, 1.54) is 37.4 Å². The van der Waals surface area contributed by atoms with Gasteiger partial charge in [-0.05, 0) is 43.2 Å². The monoisotopic (exact) mass is 389 g/mol. The highest BCUT2D eigenvalue weighted by Crippen LogP contribution is 2.28. The summed E-state index contributed by atoms with van der Waals surface area (Å²) in [5.74, 6) is -0.548. The summed E-state index contributed by atoms with van der Waals surface area (Å²) < 4.78 is 35.3. The molecule has 0 saturated carbocycles. The largest absolute Gasteiger partial charge is 0.465 e. The van der Waals surface area contributed by atoms with Gasteiger partial charge in [-0.25, -0.2) is 4.79 Å². The summed E-state index contributed by atoms with van der Waals surface area (Å²) in [5.41, 5.74) is 1.14. The number of ether oxygens (including phenoxy) is 1. The van der Waals surface area contributed by atoms with Crippen LogP contribution < -0.4 is 9.08 Å². The van der Waals surface area contributed by atoms with Crippen LogP contribution in [0.1, 0.15) is 28.8 Å². The number of rotatable bonds is 5. The fourth-order valence-electron chi connectivity index (χ4n) is 2.91. The Bertz CT molecular complexity index is 999. The highest BCUT2D eigenvalue weighted by Gasteiger charge is 2.24. The molecule has 1 fully saturated rings. The minimum Gasteiger partial charge on any atom is -0.465 e. The standard InChI is InChI=1S/C19H19NO6S/c1-13-8-9-14(19(22)25-2)11-17(13)27(23,24)26-16-6-3-5-15(12-16)20-10-4-7-18(20)21/h3,5-6,8-9,11-12H,4,7,10H2,1-2H3. The summed E-state index contributed by atoms with van der Waals surface area (Å²) in [6.45, 7) is 2.20. The van der Waals surface area contributed by atoms with Crippen molar-refractivity contribution in [2.45, 2.75) is 24.7 Å². The molecule has 0 N–H and O–H groups in total. The number of hydrogen-bond donors (Lipinski definition) is 0. The lowest BCUT2D eigenvalue weighted by molar-refractivity contribution is -0.117. The Morgan fingerprint density at radius 1 is 1.15 bits per heavy atom. The van der Waals surface area contributed by atoms with Gasteiger partial charge in [-0.15, -0.1) is 0 Å². The Balaban J connectivity index is 1.91. The predicted octanol–water partition coefficient (Wildman–Crippen LogP) is 2.68. The van der Waals surface area contributed by atoms with Gasteiger partial charge in [-0.2, -0.15) is 8.42 Å². The van der Waals surface area contributed by atoms with E-state index in [0.29, 0.717) is 24.2 Å². The average molecular weight is 389 g/mol. The zero-order valence-corrected chi connectivity index (χ0v) is 15.8. The molecule has 2 aromatic carbocycles. The van der Waals surface area contributed by atoms with Crippen LogP contribution in [0.2, 0.25) is 0 Å². The summed E-state index contributed by atoms with van der Waals surface area (Å²) in [6, 6.07) is 10.6. The summed E-state index contributed by atoms with van der Waals surface area (Å²) >= 11 is 0. The minimum absolute atomic E-state index is 0.00312. The second kappa shape index (κ2) is 7.40. The van der Waals surface area contributed by atoms with Crippen molar-refractivity contribution in [3.63, 3.8) is 0 Å². The third kappa shape index (κ3) is 3.95. The van der Waals surface area contributed by atoms with Crippen LogP contribution in [0, 0.1) is 6.92 Å². The van der Waals surface area contributed by atoms with Crippen LogP contribution in [0.25, 0.3) is 0 Å². The van der Waals surface area contributed by atoms with Gasteiger partial charge in [-0.1, -0.05) is 12.1 Å². The third-order valence-electron chi connectivity index (χ3n) is 4.29. The first-order chi connectivity index (χ1) is 12.8. The highest BCUT2D eigenvalue weighted by molar-refractivity contribution is 7.87. The zero-order chi connectivity index (χ0) is 19.6. The number of aryl methyl sites for hydroxylation is 1. The molecule has 0 radical (unpaired) electrons. The van der Waals surface area contributed by atoms with Crippen LogP contribution in [-0.2, 0) is 19.6 Å². The molecule has 3 rings (SSSR count). The number of benzene rings is 2. The van der Waals surface area contributed by atoms with Gasteiger partial charge < -0.3 is 13.8 Å². The maximum absolute atomic E-state index is 12.7. The topological polar surface area (TPSA) is 90.0 Å². The van der Waals surface area contributed by atoms with Crippen LogP contribution in [0.5, 0.6) is 5.75 Å². The third-order valence-corrected chi connectivity index (χ3v) is 5.68. The number of anilines is 1. The normalized spacial score (nSPS) is 14.3. The maximum atomic E-state index is 12.7. The fraction of sp³-hybridized carbons (Fsp3) is 0.263. The molecule has 8 heteroatoms. The van der Waals surface area contributed by atoms with E-state index in [2.05, 4.69) is 4.74 Å². The average Bonchev–Trinajstić information content (AvgIpc) is 3.07. The van der Waals surface area contributed by atoms with Crippen LogP contribution in [-0.4, -0.2) is 33.9 Å². The molecule has 1 saturated heterocycles. The van der Waals surface area contributed by atoms with Gasteiger partial charge in [0, 0.05) is 24.7 Å². The van der Waals surface area contributed by atoms with Gasteiger partial charge in [0.25, 0.3) is 0 Å². The molecule has 0 aromatic heterocycles. The Morgan fingerprint density at radius 2 is 1.93 bits per heavy atom. The van der Waals surface area contributed by atoms with Crippen molar-refractivity contribution in [1.29, 1.82) is 0 Å². The molecule has 0 unspecified atom stereocenters. The predicted molar refractivity (Wildman–Crippen MR) is 98.4 cm³/mol. The van der Waals surface area contributed by atoms with Crippen LogP contribution in [0.3, 0.4) is 0 Å². The van der Waals surface area contributed by atoms with E-state index in [0.717, 1.165) is 6.42 Å². The fourth-order valence-corrected chi connectivity index (χ4v) is 4.09. The lowest BCUT2D eigenvalue weighted by Gasteiger charge is -2.17. The van der Waals surface area contributed by atoms with Crippen LogP contribution in [0.15, 0.2) is 47.4 Å². The van der Waals surface area contributed by atoms with E-state index >= 15 is 0 Å². The van der Waals surface area contributed by atoms with Gasteiger partial charge in [0.15, 0.2) is 0 Å². The molecule has 1 aliphatic heterocycles. The Kier molecular flexibility index (Phi) is 5.18. The molecule has 1 aliphatic rings. The second-order valence-electron chi connectivity index (χ2n) is 6.16. The molecule has 1 amide bonds. The lowest BCUT2D eigenvalue weighted by atomic mass is 10.1. The molecule has 0 atom stereocenters. The SMILES string of the molecule is COC(=O)c1ccc(C)c(S(=O)(=O)Oc2cccc(N3CCCC3=O)c2)c1. The van der Waals surface area contributed by atoms with Crippen molar-refractivity contribution in [1.82, 2.24) is 0 Å². The summed E-state index contributed by atoms with van der Waals surface area (Å²) in [5, 5.41) is 0. The number of carbonyl (C=O) groups excluding carboxylic acids is 2. The molecule has 2 aromatic rings. The van der Waals surface area contributed by atoms with Crippen molar-refractivity contribution in [2.75, 3.05) is 18.6 Å². The van der Waals surface area contributed by atoms with E-state index in [9.17, 15) is 18.0 Å². The van der Waals surface area contributed by atoms with E-state index < -0.39 is 16.1 Å². The molecule has 7 nitrogen and oxygen atoms in total. The van der Waals surface area contributed by atoms with Gasteiger partial charge in [0.2, 0.25) is 5.91 Å². The van der Waals surface area contributed by atoms with E-state index in [1.54, 1.807) is 24.0 Å². The molecule has 0 spiro atoms. The Labute approximate surface area is 157 Å². The number of methoxy groups -OCH3 is 1. The van der Waals surface area contributed by atoms with Crippen molar-refractivity contribution in [3.8, 4) is 5.75 Å². The number of hydrogen-bond acceptors (Lipinski definition) is 6. The summed E-state index contributed by atoms with van der Waals surface area (Å²) in [4.78, 5) is 25.1. The smallest absolute Gasteiger partial charge is 0.339 e. The lowest BCUT2D eigenvalue weighted by Crippen LogP contribution is -2.23. The van der Waals surface area contributed by atoms with Gasteiger partial charge in [0.1, 0.15) is 10.6 Å². The van der Waals surface area contributed by atoms with Crippen molar-refractivity contribution >= 4 is 27.7 Å². The number of esters is 1. The van der Waals surface area contributed by atoms with E-state index in [4.69, 9.17) is 4.18 Å². The first-order valence-corrected chi connectivity index (χ1v) is 9.76. The van der Waals surface area contributed by atoms with Gasteiger partial charge >= 0.3 is 16.1 Å². The Morgan fingerprint density at radius 3 is 2.59 bits per heavy atom. The quantitative estimate of drug-likeness (QED) is 0.577.